The van der Waals surface area contributed by atoms with E-state index in [-0.39, 0.29) is 12.7 Å². The molecule has 3 heterocycles. The fourth-order valence-corrected chi connectivity index (χ4v) is 3.07. The van der Waals surface area contributed by atoms with E-state index in [0.29, 0.717) is 17.3 Å². The normalized spacial score (nSPS) is 16.4. The molecule has 2 aliphatic heterocycles. The van der Waals surface area contributed by atoms with E-state index in [0.717, 1.165) is 37.4 Å². The number of amides is 1. The van der Waals surface area contributed by atoms with Gasteiger partial charge in [-0.2, -0.15) is 0 Å². The van der Waals surface area contributed by atoms with Crippen molar-refractivity contribution in [2.24, 2.45) is 0 Å². The molecule has 1 amide bonds. The van der Waals surface area contributed by atoms with Crippen molar-refractivity contribution in [2.45, 2.75) is 25.7 Å². The lowest BCUT2D eigenvalue weighted by atomic mass is 10.2. The van der Waals surface area contributed by atoms with E-state index in [1.165, 1.54) is 12.8 Å². The average Bonchev–Trinajstić information content (AvgIpc) is 2.94. The Morgan fingerprint density at radius 2 is 1.76 bits per heavy atom. The number of nitrogens with one attached hydrogen (secondary N) is 1. The highest BCUT2D eigenvalue weighted by Gasteiger charge is 2.19. The van der Waals surface area contributed by atoms with Crippen LogP contribution in [0, 0.1) is 0 Å². The number of hydrogen-bond acceptors (Lipinski definition) is 6. The first kappa shape index (κ1) is 15.7. The topological polar surface area (TPSA) is 76.6 Å². The Hall–Kier alpha value is -2.83. The van der Waals surface area contributed by atoms with Crippen LogP contribution in [0.3, 0.4) is 0 Å². The zero-order valence-electron chi connectivity index (χ0n) is 13.9. The fourth-order valence-electron chi connectivity index (χ4n) is 3.07. The smallest absolute Gasteiger partial charge is 0.274 e. The summed E-state index contributed by atoms with van der Waals surface area (Å²) in [5.41, 5.74) is 1.21. The first-order chi connectivity index (χ1) is 12.3. The SMILES string of the molecule is O=C(c1ccc(Nc2ccc3c(c2)OCO3)nn1)N1CCCCCC1. The molecule has 7 heteroatoms. The number of likely N-dealkylation sites (tertiary alicyclic amines) is 1. The quantitative estimate of drug-likeness (QED) is 0.926. The van der Waals surface area contributed by atoms with Crippen LogP contribution in [0.1, 0.15) is 36.2 Å². The first-order valence-corrected chi connectivity index (χ1v) is 8.59. The van der Waals surface area contributed by atoms with Gasteiger partial charge in [0, 0.05) is 24.8 Å². The van der Waals surface area contributed by atoms with Gasteiger partial charge in [0.15, 0.2) is 23.0 Å². The van der Waals surface area contributed by atoms with Crippen LogP contribution >= 0.6 is 0 Å². The van der Waals surface area contributed by atoms with Gasteiger partial charge in [-0.25, -0.2) is 0 Å². The molecule has 25 heavy (non-hydrogen) atoms. The maximum Gasteiger partial charge on any atom is 0.274 e. The molecular weight excluding hydrogens is 320 g/mol. The highest BCUT2D eigenvalue weighted by Crippen LogP contribution is 2.34. The van der Waals surface area contributed by atoms with Gasteiger partial charge >= 0.3 is 0 Å². The summed E-state index contributed by atoms with van der Waals surface area (Å²) in [5.74, 6) is 1.97. The van der Waals surface area contributed by atoms with Crippen molar-refractivity contribution in [3.63, 3.8) is 0 Å². The van der Waals surface area contributed by atoms with Crippen LogP contribution in [-0.2, 0) is 0 Å². The molecule has 7 nitrogen and oxygen atoms in total. The molecule has 1 fully saturated rings. The van der Waals surface area contributed by atoms with Gasteiger partial charge in [-0.15, -0.1) is 10.2 Å². The Balaban J connectivity index is 1.43. The second-order valence-corrected chi connectivity index (χ2v) is 6.20. The van der Waals surface area contributed by atoms with E-state index in [2.05, 4.69) is 15.5 Å². The predicted molar refractivity (Wildman–Crippen MR) is 92.3 cm³/mol. The van der Waals surface area contributed by atoms with Gasteiger partial charge in [0.1, 0.15) is 0 Å². The summed E-state index contributed by atoms with van der Waals surface area (Å²) in [5, 5.41) is 11.4. The lowest BCUT2D eigenvalue weighted by molar-refractivity contribution is 0.0754. The molecule has 2 aliphatic rings. The van der Waals surface area contributed by atoms with Gasteiger partial charge < -0.3 is 19.7 Å². The van der Waals surface area contributed by atoms with E-state index in [1.54, 1.807) is 12.1 Å². The minimum absolute atomic E-state index is 0.0379. The molecule has 0 atom stereocenters. The first-order valence-electron chi connectivity index (χ1n) is 8.59. The Morgan fingerprint density at radius 1 is 0.960 bits per heavy atom. The van der Waals surface area contributed by atoms with Gasteiger partial charge in [-0.05, 0) is 37.1 Å². The summed E-state index contributed by atoms with van der Waals surface area (Å²) in [6.07, 6.45) is 4.49. The minimum atomic E-state index is -0.0379. The van der Waals surface area contributed by atoms with E-state index < -0.39 is 0 Å². The lowest BCUT2D eigenvalue weighted by Gasteiger charge is -2.19. The second-order valence-electron chi connectivity index (χ2n) is 6.20. The van der Waals surface area contributed by atoms with Crippen molar-refractivity contribution in [1.29, 1.82) is 0 Å². The van der Waals surface area contributed by atoms with Crippen molar-refractivity contribution in [3.05, 3.63) is 36.0 Å². The third-order valence-electron chi connectivity index (χ3n) is 4.42. The fraction of sp³-hybridized carbons (Fsp3) is 0.389. The zero-order valence-corrected chi connectivity index (χ0v) is 13.9. The van der Waals surface area contributed by atoms with Gasteiger partial charge in [0.25, 0.3) is 5.91 Å². The molecule has 0 aliphatic carbocycles. The maximum atomic E-state index is 12.5. The molecule has 0 unspecified atom stereocenters. The summed E-state index contributed by atoms with van der Waals surface area (Å²) >= 11 is 0. The molecule has 1 aromatic heterocycles. The van der Waals surface area contributed by atoms with E-state index in [1.807, 2.05) is 23.1 Å². The van der Waals surface area contributed by atoms with Gasteiger partial charge in [-0.1, -0.05) is 12.8 Å². The van der Waals surface area contributed by atoms with E-state index in [9.17, 15) is 4.79 Å². The summed E-state index contributed by atoms with van der Waals surface area (Å²) < 4.78 is 10.6. The molecular formula is C18H20N4O3. The third-order valence-corrected chi connectivity index (χ3v) is 4.42. The Bertz CT molecular complexity index is 755. The van der Waals surface area contributed by atoms with Crippen LogP contribution in [-0.4, -0.2) is 40.9 Å². The molecule has 0 saturated carbocycles. The van der Waals surface area contributed by atoms with Crippen molar-refractivity contribution < 1.29 is 14.3 Å². The lowest BCUT2D eigenvalue weighted by Crippen LogP contribution is -2.32. The molecule has 2 aromatic rings. The highest BCUT2D eigenvalue weighted by molar-refractivity contribution is 5.92. The molecule has 0 spiro atoms. The predicted octanol–water partition coefficient (Wildman–Crippen LogP) is 2.97. The molecule has 4 rings (SSSR count). The van der Waals surface area contributed by atoms with Gasteiger partial charge in [0.05, 0.1) is 0 Å². The molecule has 1 saturated heterocycles. The Labute approximate surface area is 146 Å². The van der Waals surface area contributed by atoms with Crippen LogP contribution in [0.4, 0.5) is 11.5 Å². The number of hydrogen-bond donors (Lipinski definition) is 1. The van der Waals surface area contributed by atoms with Crippen LogP contribution in [0.25, 0.3) is 0 Å². The number of carbonyl (C=O) groups excluding carboxylic acids is 1. The Kier molecular flexibility index (Phi) is 4.37. The zero-order chi connectivity index (χ0) is 17.1. The number of benzene rings is 1. The Morgan fingerprint density at radius 3 is 2.52 bits per heavy atom. The number of rotatable bonds is 3. The number of nitrogens with zero attached hydrogens (tertiary/aromatic N) is 3. The summed E-state index contributed by atoms with van der Waals surface area (Å²) in [6.45, 7) is 1.85. The summed E-state index contributed by atoms with van der Waals surface area (Å²) in [6, 6.07) is 9.05. The number of anilines is 2. The van der Waals surface area contributed by atoms with E-state index in [4.69, 9.17) is 9.47 Å². The molecule has 1 N–H and O–H groups in total. The van der Waals surface area contributed by atoms with Crippen LogP contribution in [0.5, 0.6) is 11.5 Å². The van der Waals surface area contributed by atoms with E-state index >= 15 is 0 Å². The number of carbonyl (C=O) groups is 1. The van der Waals surface area contributed by atoms with Crippen LogP contribution in [0.2, 0.25) is 0 Å². The summed E-state index contributed by atoms with van der Waals surface area (Å²) in [4.78, 5) is 14.4. The molecule has 0 radical (unpaired) electrons. The van der Waals surface area contributed by atoms with Crippen molar-refractivity contribution in [3.8, 4) is 11.5 Å². The van der Waals surface area contributed by atoms with Crippen molar-refractivity contribution >= 4 is 17.4 Å². The largest absolute Gasteiger partial charge is 0.454 e. The van der Waals surface area contributed by atoms with Gasteiger partial charge in [0.2, 0.25) is 6.79 Å². The molecule has 0 bridgehead atoms. The maximum absolute atomic E-state index is 12.5. The standard InChI is InChI=1S/C18H20N4O3/c23-18(22-9-3-1-2-4-10-22)14-6-8-17(21-20-14)19-13-5-7-15-16(11-13)25-12-24-15/h5-8,11H,1-4,9-10,12H2,(H,19,21). The molecule has 1 aromatic carbocycles. The number of ether oxygens (including phenoxy) is 2. The van der Waals surface area contributed by atoms with Crippen LogP contribution in [0.15, 0.2) is 30.3 Å². The minimum Gasteiger partial charge on any atom is -0.454 e. The van der Waals surface area contributed by atoms with Crippen LogP contribution < -0.4 is 14.8 Å². The number of aromatic nitrogens is 2. The van der Waals surface area contributed by atoms with Crippen molar-refractivity contribution in [1.82, 2.24) is 15.1 Å². The average molecular weight is 340 g/mol. The van der Waals surface area contributed by atoms with Gasteiger partial charge in [-0.3, -0.25) is 4.79 Å². The van der Waals surface area contributed by atoms with Crippen molar-refractivity contribution in [2.75, 3.05) is 25.2 Å². The highest BCUT2D eigenvalue weighted by atomic mass is 16.7. The monoisotopic (exact) mass is 340 g/mol. The third kappa shape index (κ3) is 3.50. The second kappa shape index (κ2) is 6.96. The number of fused-ring (bicyclic) bond motifs is 1. The summed E-state index contributed by atoms with van der Waals surface area (Å²) in [7, 11) is 0. The molecule has 130 valence electrons.